The van der Waals surface area contributed by atoms with E-state index in [0.717, 1.165) is 0 Å². The van der Waals surface area contributed by atoms with Gasteiger partial charge in [0.05, 0.1) is 12.7 Å². The van der Waals surface area contributed by atoms with Crippen LogP contribution in [0.25, 0.3) is 0 Å². The number of carbonyl (C=O) groups excluding carboxylic acids is 2. The van der Waals surface area contributed by atoms with E-state index in [2.05, 4.69) is 15.6 Å². The molecule has 1 aromatic heterocycles. The van der Waals surface area contributed by atoms with Gasteiger partial charge in [-0.3, -0.25) is 14.3 Å². The smallest absolute Gasteiger partial charge is 0.326 e. The van der Waals surface area contributed by atoms with Crippen LogP contribution in [0.15, 0.2) is 6.20 Å². The van der Waals surface area contributed by atoms with Crippen LogP contribution in [0.2, 0.25) is 0 Å². The topological polar surface area (TPSA) is 166 Å². The molecule has 0 bridgehead atoms. The first-order valence-electron chi connectivity index (χ1n) is 5.86. The molecule has 0 aliphatic carbocycles. The van der Waals surface area contributed by atoms with Crippen molar-refractivity contribution in [2.24, 2.45) is 11.5 Å². The van der Waals surface area contributed by atoms with Crippen molar-refractivity contribution < 1.29 is 19.5 Å². The third kappa shape index (κ3) is 4.65. The second-order valence-electron chi connectivity index (χ2n) is 4.02. The quantitative estimate of drug-likeness (QED) is 0.416. The Kier molecular flexibility index (Phi) is 5.59. The Hall–Kier alpha value is -2.49. The average Bonchev–Trinajstić information content (AvgIpc) is 2.82. The number of carbonyl (C=O) groups is 3. The summed E-state index contributed by atoms with van der Waals surface area (Å²) in [6.07, 6.45) is 1.12. The highest BCUT2D eigenvalue weighted by molar-refractivity contribution is 5.94. The lowest BCUT2D eigenvalue weighted by Gasteiger charge is -2.12. The van der Waals surface area contributed by atoms with Gasteiger partial charge in [-0.2, -0.15) is 0 Å². The highest BCUT2D eigenvalue weighted by Crippen LogP contribution is 2.00. The lowest BCUT2D eigenvalue weighted by molar-refractivity contribution is -0.139. The van der Waals surface area contributed by atoms with E-state index < -0.39 is 23.8 Å². The summed E-state index contributed by atoms with van der Waals surface area (Å²) >= 11 is 0. The number of rotatable bonds is 8. The minimum absolute atomic E-state index is 0.0243. The van der Waals surface area contributed by atoms with Gasteiger partial charge >= 0.3 is 5.97 Å². The number of carboxylic acids is 1. The molecule has 10 heteroatoms. The van der Waals surface area contributed by atoms with E-state index in [1.165, 1.54) is 10.9 Å². The molecule has 0 spiro atoms. The summed E-state index contributed by atoms with van der Waals surface area (Å²) in [4.78, 5) is 33.4. The molecule has 0 radical (unpaired) electrons. The SMILES string of the molecule is NCCn1cc(C(=O)NC(CCC(N)=O)C(=O)O)nn1. The van der Waals surface area contributed by atoms with Crippen LogP contribution in [0.1, 0.15) is 23.3 Å². The molecule has 1 atom stereocenters. The molecule has 0 aliphatic heterocycles. The number of nitrogens with zero attached hydrogens (tertiary/aromatic N) is 3. The molecule has 1 rings (SSSR count). The Bertz CT molecular complexity index is 500. The van der Waals surface area contributed by atoms with Gasteiger partial charge in [0.15, 0.2) is 5.69 Å². The van der Waals surface area contributed by atoms with Gasteiger partial charge in [-0.05, 0) is 6.42 Å². The summed E-state index contributed by atoms with van der Waals surface area (Å²) in [5.74, 6) is -2.58. The van der Waals surface area contributed by atoms with Crippen molar-refractivity contribution in [1.82, 2.24) is 20.3 Å². The molecule has 0 aromatic carbocycles. The molecular weight excluding hydrogens is 268 g/mol. The first-order valence-corrected chi connectivity index (χ1v) is 5.86. The largest absolute Gasteiger partial charge is 0.480 e. The zero-order valence-corrected chi connectivity index (χ0v) is 10.7. The lowest BCUT2D eigenvalue weighted by Crippen LogP contribution is -2.41. The number of carboxylic acid groups (broad SMARTS) is 1. The number of aromatic nitrogens is 3. The van der Waals surface area contributed by atoms with E-state index in [1.807, 2.05) is 0 Å². The van der Waals surface area contributed by atoms with Gasteiger partial charge in [-0.15, -0.1) is 5.10 Å². The predicted molar refractivity (Wildman–Crippen MR) is 66.4 cm³/mol. The van der Waals surface area contributed by atoms with Crippen molar-refractivity contribution in [2.45, 2.75) is 25.4 Å². The first-order chi connectivity index (χ1) is 9.43. The Labute approximate surface area is 114 Å². The van der Waals surface area contributed by atoms with E-state index in [0.29, 0.717) is 13.1 Å². The van der Waals surface area contributed by atoms with E-state index in [4.69, 9.17) is 16.6 Å². The predicted octanol–water partition coefficient (Wildman–Crippen LogP) is -2.31. The molecular formula is C10H16N6O4. The van der Waals surface area contributed by atoms with Crippen LogP contribution in [0, 0.1) is 0 Å². The van der Waals surface area contributed by atoms with Crippen LogP contribution in [0.4, 0.5) is 0 Å². The monoisotopic (exact) mass is 284 g/mol. The van der Waals surface area contributed by atoms with Gasteiger partial charge < -0.3 is 21.9 Å². The van der Waals surface area contributed by atoms with Crippen LogP contribution >= 0.6 is 0 Å². The summed E-state index contributed by atoms with van der Waals surface area (Å²) in [5, 5.41) is 18.5. The molecule has 1 aromatic rings. The summed E-state index contributed by atoms with van der Waals surface area (Å²) in [7, 11) is 0. The molecule has 10 nitrogen and oxygen atoms in total. The Morgan fingerprint density at radius 2 is 2.15 bits per heavy atom. The standard InChI is InChI=1S/C10H16N6O4/c11-3-4-16-5-7(14-15-16)9(18)13-6(10(19)20)1-2-8(12)17/h5-6H,1-4,11H2,(H2,12,17)(H,13,18)(H,19,20). The third-order valence-corrected chi connectivity index (χ3v) is 2.41. The highest BCUT2D eigenvalue weighted by Gasteiger charge is 2.22. The number of aliphatic carboxylic acids is 1. The summed E-state index contributed by atoms with van der Waals surface area (Å²) in [5.41, 5.74) is 10.2. The first kappa shape index (κ1) is 15.6. The van der Waals surface area contributed by atoms with Gasteiger partial charge in [0.1, 0.15) is 6.04 Å². The highest BCUT2D eigenvalue weighted by atomic mass is 16.4. The molecule has 110 valence electrons. The molecule has 1 unspecified atom stereocenters. The van der Waals surface area contributed by atoms with Crippen molar-refractivity contribution >= 4 is 17.8 Å². The number of hydrogen-bond donors (Lipinski definition) is 4. The fourth-order valence-electron chi connectivity index (χ4n) is 1.42. The van der Waals surface area contributed by atoms with Crippen LogP contribution < -0.4 is 16.8 Å². The summed E-state index contributed by atoms with van der Waals surface area (Å²) < 4.78 is 1.37. The van der Waals surface area contributed by atoms with Crippen molar-refractivity contribution in [3.05, 3.63) is 11.9 Å². The fraction of sp³-hybridized carbons (Fsp3) is 0.500. The number of amides is 2. The van der Waals surface area contributed by atoms with Crippen LogP contribution in [0.3, 0.4) is 0 Å². The molecule has 0 saturated carbocycles. The summed E-state index contributed by atoms with van der Waals surface area (Å²) in [6.45, 7) is 0.727. The van der Waals surface area contributed by atoms with E-state index in [-0.39, 0.29) is 18.5 Å². The molecule has 2 amide bonds. The minimum atomic E-state index is -1.26. The zero-order valence-electron chi connectivity index (χ0n) is 10.7. The Morgan fingerprint density at radius 1 is 1.45 bits per heavy atom. The molecule has 0 fully saturated rings. The molecule has 20 heavy (non-hydrogen) atoms. The van der Waals surface area contributed by atoms with E-state index >= 15 is 0 Å². The van der Waals surface area contributed by atoms with Crippen LogP contribution in [-0.4, -0.2) is 50.5 Å². The van der Waals surface area contributed by atoms with Crippen molar-refractivity contribution in [1.29, 1.82) is 0 Å². The minimum Gasteiger partial charge on any atom is -0.480 e. The van der Waals surface area contributed by atoms with Crippen molar-refractivity contribution in [3.8, 4) is 0 Å². The average molecular weight is 284 g/mol. The normalized spacial score (nSPS) is 11.8. The van der Waals surface area contributed by atoms with E-state index in [1.54, 1.807) is 0 Å². The molecule has 1 heterocycles. The van der Waals surface area contributed by atoms with Gasteiger partial charge in [0, 0.05) is 13.0 Å². The number of hydrogen-bond acceptors (Lipinski definition) is 6. The molecule has 0 aliphatic rings. The fourth-order valence-corrected chi connectivity index (χ4v) is 1.42. The van der Waals surface area contributed by atoms with Gasteiger partial charge in [0.25, 0.3) is 5.91 Å². The second kappa shape index (κ2) is 7.19. The summed E-state index contributed by atoms with van der Waals surface area (Å²) in [6, 6.07) is -1.21. The van der Waals surface area contributed by atoms with Crippen molar-refractivity contribution in [2.75, 3.05) is 6.54 Å². The Balaban J connectivity index is 2.64. The van der Waals surface area contributed by atoms with Crippen LogP contribution in [0.5, 0.6) is 0 Å². The zero-order chi connectivity index (χ0) is 15.1. The van der Waals surface area contributed by atoms with E-state index in [9.17, 15) is 14.4 Å². The number of nitrogens with one attached hydrogen (secondary N) is 1. The Morgan fingerprint density at radius 3 is 2.70 bits per heavy atom. The second-order valence-corrected chi connectivity index (χ2v) is 4.02. The maximum Gasteiger partial charge on any atom is 0.326 e. The maximum absolute atomic E-state index is 11.8. The van der Waals surface area contributed by atoms with Crippen molar-refractivity contribution in [3.63, 3.8) is 0 Å². The number of primary amides is 1. The maximum atomic E-state index is 11.8. The number of nitrogens with two attached hydrogens (primary N) is 2. The van der Waals surface area contributed by atoms with Gasteiger partial charge in [0.2, 0.25) is 5.91 Å². The third-order valence-electron chi connectivity index (χ3n) is 2.41. The van der Waals surface area contributed by atoms with Gasteiger partial charge in [-0.1, -0.05) is 5.21 Å². The molecule has 6 N–H and O–H groups in total. The lowest BCUT2D eigenvalue weighted by atomic mass is 10.1. The molecule has 0 saturated heterocycles. The van der Waals surface area contributed by atoms with Crippen LogP contribution in [-0.2, 0) is 16.1 Å². The van der Waals surface area contributed by atoms with Gasteiger partial charge in [-0.25, -0.2) is 4.79 Å².